The van der Waals surface area contributed by atoms with Gasteiger partial charge in [0.15, 0.2) is 12.0 Å². The second kappa shape index (κ2) is 9.88. The zero-order valence-electron chi connectivity index (χ0n) is 17.2. The molecule has 0 radical (unpaired) electrons. The topological polar surface area (TPSA) is 67.7 Å². The average molecular weight is 503 g/mol. The summed E-state index contributed by atoms with van der Waals surface area (Å²) in [4.78, 5) is 27.6. The molecular formula is C21H19Cl2F3N4O3. The monoisotopic (exact) mass is 502 g/mol. The van der Waals surface area contributed by atoms with Crippen LogP contribution in [0.3, 0.4) is 0 Å². The van der Waals surface area contributed by atoms with Gasteiger partial charge in [0.05, 0.1) is 27.7 Å². The van der Waals surface area contributed by atoms with Crippen LogP contribution in [0, 0.1) is 0 Å². The number of aromatic nitrogens is 2. The van der Waals surface area contributed by atoms with E-state index >= 15 is 0 Å². The number of carbonyl (C=O) groups excluding carboxylic acids is 2. The van der Waals surface area contributed by atoms with Crippen LogP contribution in [0.25, 0.3) is 6.08 Å². The van der Waals surface area contributed by atoms with E-state index in [1.54, 1.807) is 6.07 Å². The molecule has 0 spiro atoms. The van der Waals surface area contributed by atoms with Crippen LogP contribution in [0.4, 0.5) is 18.9 Å². The zero-order valence-corrected chi connectivity index (χ0v) is 18.8. The third kappa shape index (κ3) is 5.17. The highest BCUT2D eigenvalue weighted by molar-refractivity contribution is 6.33. The van der Waals surface area contributed by atoms with Gasteiger partial charge in [-0.2, -0.15) is 18.3 Å². The van der Waals surface area contributed by atoms with Crippen LogP contribution in [0.5, 0.6) is 5.75 Å². The molecule has 12 heteroatoms. The lowest BCUT2D eigenvalue weighted by atomic mass is 10.1. The number of aldehydes is 1. The average Bonchev–Trinajstić information content (AvgIpc) is 3.10. The summed E-state index contributed by atoms with van der Waals surface area (Å²) in [6, 6.07) is 3.10. The van der Waals surface area contributed by atoms with Gasteiger partial charge in [0, 0.05) is 37.8 Å². The minimum absolute atomic E-state index is 0.0810. The molecular weight excluding hydrogens is 484 g/mol. The van der Waals surface area contributed by atoms with E-state index in [2.05, 4.69) is 18.3 Å². The third-order valence-electron chi connectivity index (χ3n) is 5.07. The van der Waals surface area contributed by atoms with Crippen LogP contribution < -0.4 is 9.64 Å². The van der Waals surface area contributed by atoms with Gasteiger partial charge < -0.3 is 14.5 Å². The fourth-order valence-electron chi connectivity index (χ4n) is 3.48. The van der Waals surface area contributed by atoms with Crippen molar-refractivity contribution in [3.05, 3.63) is 58.5 Å². The minimum atomic E-state index is -4.75. The quantitative estimate of drug-likeness (QED) is 0.410. The molecule has 0 N–H and O–H groups in total. The summed E-state index contributed by atoms with van der Waals surface area (Å²) in [5.41, 5.74) is -0.403. The van der Waals surface area contributed by atoms with Crippen molar-refractivity contribution < 1.29 is 27.5 Å². The van der Waals surface area contributed by atoms with Gasteiger partial charge in [-0.05, 0) is 12.1 Å². The molecule has 1 aromatic heterocycles. The Kier molecular flexibility index (Phi) is 7.38. The first-order valence-corrected chi connectivity index (χ1v) is 10.4. The molecule has 2 aromatic rings. The highest BCUT2D eigenvalue weighted by Crippen LogP contribution is 2.36. The first-order chi connectivity index (χ1) is 15.6. The van der Waals surface area contributed by atoms with E-state index in [0.29, 0.717) is 36.4 Å². The summed E-state index contributed by atoms with van der Waals surface area (Å²) in [6.07, 6.45) is -1.74. The van der Waals surface area contributed by atoms with E-state index < -0.39 is 29.3 Å². The molecule has 176 valence electrons. The van der Waals surface area contributed by atoms with Crippen LogP contribution in [0.1, 0.15) is 21.7 Å². The third-order valence-corrected chi connectivity index (χ3v) is 5.74. The lowest BCUT2D eigenvalue weighted by molar-refractivity contribution is -0.142. The number of piperazine rings is 1. The lowest BCUT2D eigenvalue weighted by Crippen LogP contribution is -2.50. The molecule has 0 atom stereocenters. The number of benzene rings is 1. The van der Waals surface area contributed by atoms with Crippen molar-refractivity contribution in [2.75, 3.05) is 31.1 Å². The van der Waals surface area contributed by atoms with Gasteiger partial charge in [-0.25, -0.2) is 0 Å². The predicted octanol–water partition coefficient (Wildman–Crippen LogP) is 4.54. The zero-order chi connectivity index (χ0) is 24.3. The van der Waals surface area contributed by atoms with Gasteiger partial charge in [-0.1, -0.05) is 36.4 Å². The van der Waals surface area contributed by atoms with E-state index in [9.17, 15) is 22.8 Å². The van der Waals surface area contributed by atoms with E-state index in [1.165, 1.54) is 17.2 Å². The van der Waals surface area contributed by atoms with Gasteiger partial charge >= 0.3 is 6.18 Å². The Morgan fingerprint density at radius 3 is 2.39 bits per heavy atom. The summed E-state index contributed by atoms with van der Waals surface area (Å²) in [5.74, 6) is -0.0909. The largest absolute Gasteiger partial charge is 0.464 e. The number of hydrogen-bond acceptors (Lipinski definition) is 5. The van der Waals surface area contributed by atoms with Gasteiger partial charge in [0.1, 0.15) is 12.3 Å². The number of carbonyl (C=O) groups is 2. The molecule has 1 aromatic carbocycles. The van der Waals surface area contributed by atoms with Crippen LogP contribution in [-0.2, 0) is 17.5 Å². The molecule has 1 fully saturated rings. The predicted molar refractivity (Wildman–Crippen MR) is 119 cm³/mol. The molecule has 0 saturated carbocycles. The standard InChI is InChI=1S/C21H19Cl2F3N4O3/c1-3-15-19(23)20(21(24,25)26)27-30(15)11-18(32)29-7-5-28(6-8-29)16-10-17(33-4-2)14(22)9-13(16)12-31/h3-4,9-10,12H,1-2,5-8,11H2. The molecule has 0 unspecified atom stereocenters. The number of ether oxygens (including phenoxy) is 1. The van der Waals surface area contributed by atoms with Crippen LogP contribution in [-0.4, -0.2) is 53.1 Å². The molecule has 33 heavy (non-hydrogen) atoms. The molecule has 1 saturated heterocycles. The van der Waals surface area contributed by atoms with Crippen LogP contribution in [0.15, 0.2) is 31.6 Å². The number of rotatable bonds is 7. The van der Waals surface area contributed by atoms with Crippen molar-refractivity contribution in [2.24, 2.45) is 0 Å². The van der Waals surface area contributed by atoms with Gasteiger partial charge in [-0.3, -0.25) is 14.3 Å². The molecule has 7 nitrogen and oxygen atoms in total. The van der Waals surface area contributed by atoms with E-state index in [-0.39, 0.29) is 23.8 Å². The van der Waals surface area contributed by atoms with Crippen molar-refractivity contribution in [2.45, 2.75) is 12.7 Å². The maximum atomic E-state index is 13.1. The molecule has 0 aliphatic carbocycles. The highest BCUT2D eigenvalue weighted by atomic mass is 35.5. The van der Waals surface area contributed by atoms with Crippen molar-refractivity contribution in [1.29, 1.82) is 0 Å². The summed E-state index contributed by atoms with van der Waals surface area (Å²) >= 11 is 11.9. The van der Waals surface area contributed by atoms with Gasteiger partial charge in [0.25, 0.3) is 0 Å². The van der Waals surface area contributed by atoms with Crippen molar-refractivity contribution in [3.63, 3.8) is 0 Å². The Bertz CT molecular complexity index is 1090. The summed E-state index contributed by atoms with van der Waals surface area (Å²) in [5, 5.41) is 3.12. The summed E-state index contributed by atoms with van der Waals surface area (Å²) in [7, 11) is 0. The van der Waals surface area contributed by atoms with Crippen molar-refractivity contribution in [3.8, 4) is 5.75 Å². The van der Waals surface area contributed by atoms with E-state index in [1.807, 2.05) is 4.90 Å². The molecule has 3 rings (SSSR count). The lowest BCUT2D eigenvalue weighted by Gasteiger charge is -2.36. The molecule has 1 amide bonds. The fourth-order valence-corrected chi connectivity index (χ4v) is 4.02. The summed E-state index contributed by atoms with van der Waals surface area (Å²) in [6.45, 7) is 7.84. The molecule has 0 bridgehead atoms. The second-order valence-electron chi connectivity index (χ2n) is 7.02. The Labute approximate surface area is 197 Å². The smallest absolute Gasteiger partial charge is 0.436 e. The Balaban J connectivity index is 1.73. The summed E-state index contributed by atoms with van der Waals surface area (Å²) < 4.78 is 45.5. The molecule has 2 heterocycles. The molecule has 1 aliphatic rings. The van der Waals surface area contributed by atoms with Crippen LogP contribution >= 0.6 is 23.2 Å². The number of amides is 1. The highest BCUT2D eigenvalue weighted by Gasteiger charge is 2.39. The Morgan fingerprint density at radius 2 is 1.85 bits per heavy atom. The Morgan fingerprint density at radius 1 is 1.18 bits per heavy atom. The fraction of sp³-hybridized carbons (Fsp3) is 0.286. The maximum absolute atomic E-state index is 13.1. The van der Waals surface area contributed by atoms with Crippen molar-refractivity contribution in [1.82, 2.24) is 14.7 Å². The normalized spacial score (nSPS) is 14.2. The van der Waals surface area contributed by atoms with Gasteiger partial charge in [-0.15, -0.1) is 0 Å². The molecule has 1 aliphatic heterocycles. The van der Waals surface area contributed by atoms with Crippen LogP contribution in [0.2, 0.25) is 10.0 Å². The first kappa shape index (κ1) is 24.7. The van der Waals surface area contributed by atoms with E-state index in [4.69, 9.17) is 27.9 Å². The SMILES string of the molecule is C=COc1cc(N2CCN(C(=O)Cn3nc(C(F)(F)F)c(Cl)c3C=C)CC2)c(C=O)cc1Cl. The number of alkyl halides is 3. The second-order valence-corrected chi connectivity index (χ2v) is 7.80. The number of hydrogen-bond donors (Lipinski definition) is 0. The van der Waals surface area contributed by atoms with Crippen molar-refractivity contribution >= 4 is 47.2 Å². The first-order valence-electron chi connectivity index (χ1n) is 9.65. The number of halogens is 5. The van der Waals surface area contributed by atoms with Gasteiger partial charge in [0.2, 0.25) is 5.91 Å². The van der Waals surface area contributed by atoms with E-state index in [0.717, 1.165) is 10.8 Å². The Hall–Kier alpha value is -2.98. The minimum Gasteiger partial charge on any atom is -0.464 e. The maximum Gasteiger partial charge on any atom is 0.436 e. The number of anilines is 1. The number of nitrogens with zero attached hydrogens (tertiary/aromatic N) is 4.